The van der Waals surface area contributed by atoms with E-state index in [1.165, 1.54) is 7.11 Å². The number of fused-ring (bicyclic) bond motifs is 1. The molecule has 0 bridgehead atoms. The summed E-state index contributed by atoms with van der Waals surface area (Å²) in [7, 11) is 1.36. The average molecular weight is 248 g/mol. The molecule has 0 aliphatic carbocycles. The first-order chi connectivity index (χ1) is 8.26. The summed E-state index contributed by atoms with van der Waals surface area (Å²) in [5.74, 6) is 5.53. The predicted molar refractivity (Wildman–Crippen MR) is 67.2 cm³/mol. The maximum atomic E-state index is 11.6. The number of carbonyl (C=O) groups excluding carboxylic acids is 1. The SMILES string of the molecule is COC(=O)c1cc(C#CCCl)cc2[nH]ccc12. The maximum Gasteiger partial charge on any atom is 0.338 e. The Hall–Kier alpha value is -1.92. The van der Waals surface area contributed by atoms with Gasteiger partial charge in [-0.3, -0.25) is 0 Å². The van der Waals surface area contributed by atoms with Gasteiger partial charge in [-0.15, -0.1) is 11.6 Å². The second kappa shape index (κ2) is 4.94. The standard InChI is InChI=1S/C13H10ClNO2/c1-17-13(16)11-7-9(3-2-5-14)8-12-10(11)4-6-15-12/h4,6-8,15H,5H2,1H3. The molecular weight excluding hydrogens is 238 g/mol. The lowest BCUT2D eigenvalue weighted by atomic mass is 10.1. The van der Waals surface area contributed by atoms with Gasteiger partial charge >= 0.3 is 5.97 Å². The van der Waals surface area contributed by atoms with Crippen LogP contribution < -0.4 is 0 Å². The van der Waals surface area contributed by atoms with Gasteiger partial charge in [-0.25, -0.2) is 4.79 Å². The number of methoxy groups -OCH3 is 1. The Kier molecular flexibility index (Phi) is 3.36. The fourth-order valence-electron chi connectivity index (χ4n) is 1.65. The van der Waals surface area contributed by atoms with E-state index in [4.69, 9.17) is 16.3 Å². The third-order valence-electron chi connectivity index (χ3n) is 2.37. The number of ether oxygens (including phenoxy) is 1. The van der Waals surface area contributed by atoms with Crippen molar-refractivity contribution in [3.63, 3.8) is 0 Å². The first kappa shape index (κ1) is 11.6. The molecule has 1 N–H and O–H groups in total. The number of esters is 1. The highest BCUT2D eigenvalue weighted by atomic mass is 35.5. The number of hydrogen-bond donors (Lipinski definition) is 1. The molecule has 2 aromatic rings. The Morgan fingerprint density at radius 3 is 3.06 bits per heavy atom. The van der Waals surface area contributed by atoms with Crippen molar-refractivity contribution in [3.05, 3.63) is 35.5 Å². The molecule has 86 valence electrons. The highest BCUT2D eigenvalue weighted by Crippen LogP contribution is 2.20. The molecule has 0 amide bonds. The molecule has 0 unspecified atom stereocenters. The summed E-state index contributed by atoms with van der Waals surface area (Å²) in [6, 6.07) is 5.42. The van der Waals surface area contributed by atoms with Gasteiger partial charge in [0.05, 0.1) is 18.6 Å². The van der Waals surface area contributed by atoms with Crippen molar-refractivity contribution >= 4 is 28.5 Å². The minimum Gasteiger partial charge on any atom is -0.465 e. The van der Waals surface area contributed by atoms with Crippen molar-refractivity contribution in [1.29, 1.82) is 0 Å². The second-order valence-corrected chi connectivity index (χ2v) is 3.66. The zero-order chi connectivity index (χ0) is 12.3. The normalized spacial score (nSPS) is 9.76. The summed E-state index contributed by atoms with van der Waals surface area (Å²) in [4.78, 5) is 14.7. The van der Waals surface area contributed by atoms with Gasteiger partial charge in [-0.2, -0.15) is 0 Å². The lowest BCUT2D eigenvalue weighted by molar-refractivity contribution is 0.0603. The zero-order valence-electron chi connectivity index (χ0n) is 9.21. The number of H-pyrrole nitrogens is 1. The number of aromatic amines is 1. The van der Waals surface area contributed by atoms with Gasteiger partial charge < -0.3 is 9.72 Å². The van der Waals surface area contributed by atoms with E-state index in [0.717, 1.165) is 16.5 Å². The minimum atomic E-state index is -0.371. The molecule has 0 radical (unpaired) electrons. The van der Waals surface area contributed by atoms with Gasteiger partial charge in [0, 0.05) is 22.7 Å². The number of benzene rings is 1. The number of hydrogen-bond acceptors (Lipinski definition) is 2. The molecular formula is C13H10ClNO2. The molecule has 0 fully saturated rings. The molecule has 2 rings (SSSR count). The molecule has 0 aliphatic rings. The third kappa shape index (κ3) is 2.27. The van der Waals surface area contributed by atoms with E-state index >= 15 is 0 Å². The Morgan fingerprint density at radius 1 is 1.53 bits per heavy atom. The first-order valence-corrected chi connectivity index (χ1v) is 5.54. The summed E-state index contributed by atoms with van der Waals surface area (Å²) in [6.07, 6.45) is 1.77. The van der Waals surface area contributed by atoms with Crippen molar-refractivity contribution in [3.8, 4) is 11.8 Å². The van der Waals surface area contributed by atoms with Gasteiger partial charge in [-0.05, 0) is 18.2 Å². The van der Waals surface area contributed by atoms with Crippen LogP contribution in [0.25, 0.3) is 10.9 Å². The van der Waals surface area contributed by atoms with E-state index in [1.807, 2.05) is 12.1 Å². The van der Waals surface area contributed by atoms with E-state index in [2.05, 4.69) is 16.8 Å². The van der Waals surface area contributed by atoms with Crippen LogP contribution in [0.5, 0.6) is 0 Å². The smallest absolute Gasteiger partial charge is 0.338 e. The number of rotatable bonds is 1. The van der Waals surface area contributed by atoms with Crippen molar-refractivity contribution in [2.45, 2.75) is 0 Å². The summed E-state index contributed by atoms with van der Waals surface area (Å²) in [6.45, 7) is 0. The summed E-state index contributed by atoms with van der Waals surface area (Å²) in [5.41, 5.74) is 2.10. The van der Waals surface area contributed by atoms with Crippen LogP contribution in [0.3, 0.4) is 0 Å². The van der Waals surface area contributed by atoms with Crippen LogP contribution in [-0.4, -0.2) is 23.9 Å². The molecule has 1 aromatic carbocycles. The van der Waals surface area contributed by atoms with Crippen molar-refractivity contribution < 1.29 is 9.53 Å². The molecule has 4 heteroatoms. The maximum absolute atomic E-state index is 11.6. The van der Waals surface area contributed by atoms with Crippen LogP contribution >= 0.6 is 11.6 Å². The lowest BCUT2D eigenvalue weighted by Gasteiger charge is -2.02. The van der Waals surface area contributed by atoms with Gasteiger partial charge in [0.2, 0.25) is 0 Å². The number of halogens is 1. The van der Waals surface area contributed by atoms with Crippen LogP contribution in [0.15, 0.2) is 24.4 Å². The van der Waals surface area contributed by atoms with Crippen LogP contribution in [0.2, 0.25) is 0 Å². The van der Waals surface area contributed by atoms with Crippen LogP contribution in [-0.2, 0) is 4.74 Å². The van der Waals surface area contributed by atoms with Crippen LogP contribution in [0.1, 0.15) is 15.9 Å². The minimum absolute atomic E-state index is 0.260. The molecule has 1 aromatic heterocycles. The Morgan fingerprint density at radius 2 is 2.35 bits per heavy atom. The number of alkyl halides is 1. The monoisotopic (exact) mass is 247 g/mol. The molecule has 3 nitrogen and oxygen atoms in total. The van der Waals surface area contributed by atoms with E-state index in [1.54, 1.807) is 12.3 Å². The molecule has 0 spiro atoms. The van der Waals surface area contributed by atoms with Crippen LogP contribution in [0, 0.1) is 11.8 Å². The molecule has 0 aliphatic heterocycles. The molecule has 0 atom stereocenters. The van der Waals surface area contributed by atoms with Crippen LogP contribution in [0.4, 0.5) is 0 Å². The largest absolute Gasteiger partial charge is 0.465 e. The average Bonchev–Trinajstić information content (AvgIpc) is 2.82. The fraction of sp³-hybridized carbons (Fsp3) is 0.154. The van der Waals surface area contributed by atoms with E-state index < -0.39 is 0 Å². The lowest BCUT2D eigenvalue weighted by Crippen LogP contribution is -2.02. The molecule has 17 heavy (non-hydrogen) atoms. The van der Waals surface area contributed by atoms with Crippen molar-refractivity contribution in [1.82, 2.24) is 4.98 Å². The Balaban J connectivity index is 2.62. The van der Waals surface area contributed by atoms with Gasteiger partial charge in [0.15, 0.2) is 0 Å². The highest BCUT2D eigenvalue weighted by Gasteiger charge is 2.12. The summed E-state index contributed by atoms with van der Waals surface area (Å²) in [5, 5.41) is 0.827. The first-order valence-electron chi connectivity index (χ1n) is 5.00. The number of aromatic nitrogens is 1. The van der Waals surface area contributed by atoms with Crippen molar-refractivity contribution in [2.24, 2.45) is 0 Å². The predicted octanol–water partition coefficient (Wildman–Crippen LogP) is 2.54. The summed E-state index contributed by atoms with van der Waals surface area (Å²) < 4.78 is 4.75. The molecule has 1 heterocycles. The zero-order valence-corrected chi connectivity index (χ0v) is 9.97. The van der Waals surface area contributed by atoms with E-state index in [9.17, 15) is 4.79 Å². The number of nitrogens with one attached hydrogen (secondary N) is 1. The third-order valence-corrected chi connectivity index (χ3v) is 2.51. The van der Waals surface area contributed by atoms with Crippen molar-refractivity contribution in [2.75, 3.05) is 13.0 Å². The fourth-order valence-corrected chi connectivity index (χ4v) is 1.72. The van der Waals surface area contributed by atoms with Gasteiger partial charge in [-0.1, -0.05) is 11.8 Å². The Bertz CT molecular complexity index is 619. The number of carbonyl (C=O) groups is 1. The Labute approximate surface area is 104 Å². The second-order valence-electron chi connectivity index (χ2n) is 3.39. The van der Waals surface area contributed by atoms with E-state index in [-0.39, 0.29) is 11.8 Å². The quantitative estimate of drug-likeness (QED) is 0.478. The van der Waals surface area contributed by atoms with Gasteiger partial charge in [0.1, 0.15) is 0 Å². The summed E-state index contributed by atoms with van der Waals surface area (Å²) >= 11 is 5.51. The van der Waals surface area contributed by atoms with E-state index in [0.29, 0.717) is 5.56 Å². The topological polar surface area (TPSA) is 42.1 Å². The molecule has 0 saturated carbocycles. The highest BCUT2D eigenvalue weighted by molar-refractivity contribution is 6.19. The van der Waals surface area contributed by atoms with Gasteiger partial charge in [0.25, 0.3) is 0 Å². The molecule has 0 saturated heterocycles.